The lowest BCUT2D eigenvalue weighted by Crippen LogP contribution is -2.07. The fourth-order valence-electron chi connectivity index (χ4n) is 2.45. The van der Waals surface area contributed by atoms with Crippen molar-refractivity contribution < 1.29 is 9.53 Å². The second kappa shape index (κ2) is 5.40. The van der Waals surface area contributed by atoms with Crippen LogP contribution < -0.4 is 4.74 Å². The molecular weight excluding hydrogens is 264 g/mol. The number of fused-ring (bicyclic) bond motifs is 1. The van der Waals surface area contributed by atoms with Crippen LogP contribution in [0.4, 0.5) is 0 Å². The molecule has 1 aromatic carbocycles. The highest BCUT2D eigenvalue weighted by atomic mass is 16.5. The van der Waals surface area contributed by atoms with Crippen LogP contribution in [0.15, 0.2) is 48.7 Å². The van der Waals surface area contributed by atoms with E-state index < -0.39 is 0 Å². The smallest absolute Gasteiger partial charge is 0.229 e. The van der Waals surface area contributed by atoms with Crippen molar-refractivity contribution in [2.75, 3.05) is 6.61 Å². The van der Waals surface area contributed by atoms with E-state index in [1.807, 2.05) is 49.4 Å². The summed E-state index contributed by atoms with van der Waals surface area (Å²) in [5.41, 5.74) is 2.50. The molecule has 4 nitrogen and oxygen atoms in total. The van der Waals surface area contributed by atoms with E-state index in [0.717, 1.165) is 22.4 Å². The minimum atomic E-state index is -0.0485. The van der Waals surface area contributed by atoms with Crippen molar-refractivity contribution >= 4 is 16.9 Å². The average Bonchev–Trinajstić information content (AvgIpc) is 2.88. The maximum atomic E-state index is 12.0. The zero-order valence-corrected chi connectivity index (χ0v) is 12.0. The van der Waals surface area contributed by atoms with Crippen molar-refractivity contribution in [3.63, 3.8) is 0 Å². The van der Waals surface area contributed by atoms with Gasteiger partial charge in [0.2, 0.25) is 5.91 Å². The Hall–Kier alpha value is -2.62. The van der Waals surface area contributed by atoms with Crippen LogP contribution >= 0.6 is 0 Å². The molecular formula is C17H16N2O2. The highest BCUT2D eigenvalue weighted by Gasteiger charge is 2.14. The average molecular weight is 280 g/mol. The maximum Gasteiger partial charge on any atom is 0.229 e. The molecule has 106 valence electrons. The molecule has 0 radical (unpaired) electrons. The van der Waals surface area contributed by atoms with E-state index >= 15 is 0 Å². The van der Waals surface area contributed by atoms with Gasteiger partial charge in [-0.2, -0.15) is 0 Å². The predicted octanol–water partition coefficient (Wildman–Crippen LogP) is 3.76. The molecule has 0 aliphatic heterocycles. The van der Waals surface area contributed by atoms with E-state index in [9.17, 15) is 4.79 Å². The standard InChI is InChI=1S/C17H16N2O2/c1-3-21-15-8-6-13(7-9-15)16-11-14-5-4-10-18-17(14)19(16)12(2)20/h4-11H,3H2,1-2H3. The summed E-state index contributed by atoms with van der Waals surface area (Å²) in [5, 5.41) is 0.955. The molecule has 0 bridgehead atoms. The third-order valence-electron chi connectivity index (χ3n) is 3.34. The lowest BCUT2D eigenvalue weighted by Gasteiger charge is -2.07. The summed E-state index contributed by atoms with van der Waals surface area (Å²) in [4.78, 5) is 16.3. The maximum absolute atomic E-state index is 12.0. The number of ether oxygens (including phenoxy) is 1. The number of carbonyl (C=O) groups excluding carboxylic acids is 1. The van der Waals surface area contributed by atoms with Crippen molar-refractivity contribution in [2.24, 2.45) is 0 Å². The van der Waals surface area contributed by atoms with Gasteiger partial charge in [0.1, 0.15) is 11.4 Å². The number of nitrogens with zero attached hydrogens (tertiary/aromatic N) is 2. The summed E-state index contributed by atoms with van der Waals surface area (Å²) in [6.45, 7) is 4.14. The molecule has 0 fully saturated rings. The molecule has 0 spiro atoms. The minimum absolute atomic E-state index is 0.0485. The van der Waals surface area contributed by atoms with E-state index in [2.05, 4.69) is 4.98 Å². The van der Waals surface area contributed by atoms with Gasteiger partial charge in [-0.3, -0.25) is 9.36 Å². The van der Waals surface area contributed by atoms with Crippen LogP contribution in [0.3, 0.4) is 0 Å². The number of rotatable bonds is 3. The first-order valence-corrected chi connectivity index (χ1v) is 6.91. The second-order valence-electron chi connectivity index (χ2n) is 4.76. The monoisotopic (exact) mass is 280 g/mol. The summed E-state index contributed by atoms with van der Waals surface area (Å²) < 4.78 is 7.09. The molecule has 2 aromatic heterocycles. The van der Waals surface area contributed by atoms with Crippen molar-refractivity contribution in [1.82, 2.24) is 9.55 Å². The first kappa shape index (κ1) is 13.4. The topological polar surface area (TPSA) is 44.1 Å². The molecule has 4 heteroatoms. The van der Waals surface area contributed by atoms with Gasteiger partial charge in [0.05, 0.1) is 12.3 Å². The predicted molar refractivity (Wildman–Crippen MR) is 82.6 cm³/mol. The van der Waals surface area contributed by atoms with Gasteiger partial charge >= 0.3 is 0 Å². The number of benzene rings is 1. The highest BCUT2D eigenvalue weighted by molar-refractivity contribution is 5.95. The Bertz CT molecular complexity index is 788. The molecule has 2 heterocycles. The Balaban J connectivity index is 2.15. The summed E-state index contributed by atoms with van der Waals surface area (Å²) in [7, 11) is 0. The quantitative estimate of drug-likeness (QED) is 0.733. The number of hydrogen-bond donors (Lipinski definition) is 0. The Kier molecular flexibility index (Phi) is 3.44. The number of carbonyl (C=O) groups is 1. The number of aromatic nitrogens is 2. The van der Waals surface area contributed by atoms with Gasteiger partial charge in [0.15, 0.2) is 0 Å². The lowest BCUT2D eigenvalue weighted by molar-refractivity contribution is 0.0943. The molecule has 0 saturated carbocycles. The van der Waals surface area contributed by atoms with Crippen molar-refractivity contribution in [3.05, 3.63) is 48.7 Å². The van der Waals surface area contributed by atoms with E-state index in [0.29, 0.717) is 12.3 Å². The molecule has 21 heavy (non-hydrogen) atoms. The lowest BCUT2D eigenvalue weighted by atomic mass is 10.1. The first-order chi connectivity index (χ1) is 10.2. The summed E-state index contributed by atoms with van der Waals surface area (Å²) in [6, 6.07) is 13.5. The molecule has 0 atom stereocenters. The third kappa shape index (κ3) is 2.40. The summed E-state index contributed by atoms with van der Waals surface area (Å²) in [6.07, 6.45) is 1.70. The molecule has 0 aliphatic carbocycles. The minimum Gasteiger partial charge on any atom is -0.494 e. The van der Waals surface area contributed by atoms with Crippen LogP contribution in [-0.4, -0.2) is 22.1 Å². The number of hydrogen-bond acceptors (Lipinski definition) is 3. The number of pyridine rings is 1. The zero-order chi connectivity index (χ0) is 14.8. The van der Waals surface area contributed by atoms with Crippen molar-refractivity contribution in [2.45, 2.75) is 13.8 Å². The molecule has 3 rings (SSSR count). The van der Waals surface area contributed by atoms with E-state index in [1.165, 1.54) is 0 Å². The fraction of sp³-hybridized carbons (Fsp3) is 0.176. The van der Waals surface area contributed by atoms with Gasteiger partial charge in [-0.25, -0.2) is 4.98 Å². The van der Waals surface area contributed by atoms with Crippen LogP contribution in [0.5, 0.6) is 5.75 Å². The van der Waals surface area contributed by atoms with Crippen molar-refractivity contribution in [3.8, 4) is 17.0 Å². The van der Waals surface area contributed by atoms with Gasteiger partial charge in [-0.15, -0.1) is 0 Å². The largest absolute Gasteiger partial charge is 0.494 e. The van der Waals surface area contributed by atoms with Gasteiger partial charge in [0, 0.05) is 18.5 Å². The van der Waals surface area contributed by atoms with Crippen LogP contribution in [-0.2, 0) is 0 Å². The third-order valence-corrected chi connectivity index (χ3v) is 3.34. The Morgan fingerprint density at radius 1 is 1.24 bits per heavy atom. The molecule has 0 amide bonds. The summed E-state index contributed by atoms with van der Waals surface area (Å²) >= 11 is 0. The Morgan fingerprint density at radius 2 is 2.00 bits per heavy atom. The normalized spacial score (nSPS) is 10.8. The second-order valence-corrected chi connectivity index (χ2v) is 4.76. The van der Waals surface area contributed by atoms with Gasteiger partial charge in [-0.05, 0) is 55.0 Å². The van der Waals surface area contributed by atoms with E-state index in [1.54, 1.807) is 17.7 Å². The van der Waals surface area contributed by atoms with Crippen LogP contribution in [0.25, 0.3) is 22.3 Å². The Morgan fingerprint density at radius 3 is 2.67 bits per heavy atom. The molecule has 0 saturated heterocycles. The van der Waals surface area contributed by atoms with Gasteiger partial charge in [-0.1, -0.05) is 0 Å². The molecule has 0 unspecified atom stereocenters. The van der Waals surface area contributed by atoms with Crippen molar-refractivity contribution in [1.29, 1.82) is 0 Å². The van der Waals surface area contributed by atoms with Gasteiger partial charge < -0.3 is 4.74 Å². The first-order valence-electron chi connectivity index (χ1n) is 6.91. The SMILES string of the molecule is CCOc1ccc(-c2cc3cccnc3n2C(C)=O)cc1. The molecule has 0 aliphatic rings. The Labute approximate surface area is 123 Å². The van der Waals surface area contributed by atoms with Gasteiger partial charge in [0.25, 0.3) is 0 Å². The van der Waals surface area contributed by atoms with E-state index in [-0.39, 0.29) is 5.91 Å². The van der Waals surface area contributed by atoms with Crippen LogP contribution in [0.1, 0.15) is 18.6 Å². The van der Waals surface area contributed by atoms with E-state index in [4.69, 9.17) is 4.74 Å². The van der Waals surface area contributed by atoms with Crippen LogP contribution in [0.2, 0.25) is 0 Å². The molecule has 0 N–H and O–H groups in total. The van der Waals surface area contributed by atoms with Crippen LogP contribution in [0, 0.1) is 0 Å². The highest BCUT2D eigenvalue weighted by Crippen LogP contribution is 2.28. The fourth-order valence-corrected chi connectivity index (χ4v) is 2.45. The summed E-state index contributed by atoms with van der Waals surface area (Å²) in [5.74, 6) is 0.775. The zero-order valence-electron chi connectivity index (χ0n) is 12.0. The molecule has 3 aromatic rings.